The molecule has 2 atom stereocenters. The van der Waals surface area contributed by atoms with Gasteiger partial charge in [-0.2, -0.15) is 5.10 Å². The number of anilines is 1. The summed E-state index contributed by atoms with van der Waals surface area (Å²) in [6.07, 6.45) is 6.46. The molecular formula is C24H29N5O4. The third-order valence-electron chi connectivity index (χ3n) is 6.42. The van der Waals surface area contributed by atoms with Crippen molar-refractivity contribution in [1.82, 2.24) is 19.7 Å². The minimum absolute atomic E-state index is 0.135. The highest BCUT2D eigenvalue weighted by molar-refractivity contribution is 6.08. The second-order valence-corrected chi connectivity index (χ2v) is 8.63. The maximum Gasteiger partial charge on any atom is 0.338 e. The quantitative estimate of drug-likeness (QED) is 0.557. The molecule has 2 unspecified atom stereocenters. The average molecular weight is 452 g/mol. The van der Waals surface area contributed by atoms with E-state index in [1.54, 1.807) is 12.4 Å². The van der Waals surface area contributed by atoms with Gasteiger partial charge in [0.15, 0.2) is 6.23 Å². The predicted molar refractivity (Wildman–Crippen MR) is 123 cm³/mol. The largest absolute Gasteiger partial charge is 0.465 e. The Morgan fingerprint density at radius 2 is 2.15 bits per heavy atom. The number of carbonyl (C=O) groups excluding carboxylic acids is 1. The standard InChI is InChI=1S/C24H29N5O4/c1-15-13-25-22(18-7-8-26-29(18)20-6-4-5-10-33-20)23-21(15)17(24(30)31-3)12-19(27-23)28-9-11-32-14-16(28)2/h7-8,12-13,16,20H,4-6,9-11,14H2,1-3H3. The van der Waals surface area contributed by atoms with Gasteiger partial charge in [-0.25, -0.2) is 14.5 Å². The van der Waals surface area contributed by atoms with Gasteiger partial charge in [0.25, 0.3) is 0 Å². The van der Waals surface area contributed by atoms with Crippen LogP contribution in [-0.4, -0.2) is 65.2 Å². The fourth-order valence-corrected chi connectivity index (χ4v) is 4.71. The Labute approximate surface area is 192 Å². The second kappa shape index (κ2) is 9.07. The molecule has 3 aromatic heterocycles. The molecule has 0 N–H and O–H groups in total. The number of aryl methyl sites for hydroxylation is 1. The average Bonchev–Trinajstić information content (AvgIpc) is 3.33. The summed E-state index contributed by atoms with van der Waals surface area (Å²) in [5.74, 6) is 0.321. The van der Waals surface area contributed by atoms with Crippen LogP contribution in [0.2, 0.25) is 0 Å². The van der Waals surface area contributed by atoms with Gasteiger partial charge in [-0.05, 0) is 50.8 Å². The van der Waals surface area contributed by atoms with Crippen LogP contribution in [0.15, 0.2) is 24.5 Å². The molecule has 2 aliphatic rings. The summed E-state index contributed by atoms with van der Waals surface area (Å²) >= 11 is 0. The van der Waals surface area contributed by atoms with Crippen LogP contribution < -0.4 is 4.90 Å². The van der Waals surface area contributed by atoms with E-state index in [9.17, 15) is 4.79 Å². The molecule has 0 bridgehead atoms. The molecule has 2 saturated heterocycles. The molecule has 33 heavy (non-hydrogen) atoms. The van der Waals surface area contributed by atoms with Gasteiger partial charge in [-0.3, -0.25) is 4.98 Å². The summed E-state index contributed by atoms with van der Waals surface area (Å²) in [4.78, 5) is 24.8. The zero-order valence-electron chi connectivity index (χ0n) is 19.3. The summed E-state index contributed by atoms with van der Waals surface area (Å²) in [5, 5.41) is 5.29. The van der Waals surface area contributed by atoms with Crippen molar-refractivity contribution in [1.29, 1.82) is 0 Å². The van der Waals surface area contributed by atoms with Crippen molar-refractivity contribution in [2.24, 2.45) is 0 Å². The first-order valence-electron chi connectivity index (χ1n) is 11.5. The van der Waals surface area contributed by atoms with Crippen LogP contribution in [0.4, 0.5) is 5.82 Å². The van der Waals surface area contributed by atoms with Crippen LogP contribution in [0.1, 0.15) is 48.3 Å². The number of nitrogens with zero attached hydrogens (tertiary/aromatic N) is 5. The summed E-state index contributed by atoms with van der Waals surface area (Å²) in [7, 11) is 1.40. The summed E-state index contributed by atoms with van der Waals surface area (Å²) in [6, 6.07) is 3.89. The number of esters is 1. The van der Waals surface area contributed by atoms with E-state index in [1.165, 1.54) is 7.11 Å². The number of morpholine rings is 1. The molecule has 3 aromatic rings. The van der Waals surface area contributed by atoms with Crippen molar-refractivity contribution in [2.45, 2.75) is 45.4 Å². The summed E-state index contributed by atoms with van der Waals surface area (Å²) < 4.78 is 18.6. The fourth-order valence-electron chi connectivity index (χ4n) is 4.71. The Hall–Kier alpha value is -3.04. The Morgan fingerprint density at radius 3 is 2.91 bits per heavy atom. The van der Waals surface area contributed by atoms with Crippen LogP contribution >= 0.6 is 0 Å². The third kappa shape index (κ3) is 3.95. The van der Waals surface area contributed by atoms with E-state index >= 15 is 0 Å². The number of methoxy groups -OCH3 is 1. The van der Waals surface area contributed by atoms with Gasteiger partial charge in [0.05, 0.1) is 37.6 Å². The lowest BCUT2D eigenvalue weighted by molar-refractivity contribution is -0.0383. The molecule has 9 heteroatoms. The van der Waals surface area contributed by atoms with Gasteiger partial charge in [-0.1, -0.05) is 0 Å². The van der Waals surface area contributed by atoms with E-state index < -0.39 is 5.97 Å². The van der Waals surface area contributed by atoms with Crippen LogP contribution in [0.25, 0.3) is 22.3 Å². The predicted octanol–water partition coefficient (Wildman–Crippen LogP) is 3.51. The minimum atomic E-state index is -0.395. The normalized spacial score (nSPS) is 21.4. The summed E-state index contributed by atoms with van der Waals surface area (Å²) in [5.41, 5.74) is 3.50. The van der Waals surface area contributed by atoms with Crippen molar-refractivity contribution in [3.8, 4) is 11.4 Å². The van der Waals surface area contributed by atoms with Crippen molar-refractivity contribution < 1.29 is 19.0 Å². The van der Waals surface area contributed by atoms with Gasteiger partial charge in [0.1, 0.15) is 17.0 Å². The zero-order chi connectivity index (χ0) is 22.9. The highest BCUT2D eigenvalue weighted by Crippen LogP contribution is 2.35. The van der Waals surface area contributed by atoms with Gasteiger partial charge in [0, 0.05) is 30.9 Å². The molecule has 0 spiro atoms. The Balaban J connectivity index is 1.72. The first kappa shape index (κ1) is 21.8. The fraction of sp³-hybridized carbons (Fsp3) is 0.500. The van der Waals surface area contributed by atoms with Crippen LogP contribution in [-0.2, 0) is 14.2 Å². The Bertz CT molecular complexity index is 1170. The first-order valence-corrected chi connectivity index (χ1v) is 11.5. The van der Waals surface area contributed by atoms with Gasteiger partial charge in [-0.15, -0.1) is 0 Å². The third-order valence-corrected chi connectivity index (χ3v) is 6.42. The number of pyridine rings is 2. The number of fused-ring (bicyclic) bond motifs is 1. The highest BCUT2D eigenvalue weighted by Gasteiger charge is 2.27. The van der Waals surface area contributed by atoms with Crippen molar-refractivity contribution in [2.75, 3.05) is 38.4 Å². The molecule has 0 amide bonds. The molecule has 0 saturated carbocycles. The molecule has 2 fully saturated rings. The molecular weight excluding hydrogens is 422 g/mol. The maximum atomic E-state index is 12.9. The van der Waals surface area contributed by atoms with Crippen molar-refractivity contribution in [3.05, 3.63) is 35.7 Å². The topological polar surface area (TPSA) is 91.6 Å². The minimum Gasteiger partial charge on any atom is -0.465 e. The van der Waals surface area contributed by atoms with E-state index in [4.69, 9.17) is 24.2 Å². The molecule has 9 nitrogen and oxygen atoms in total. The van der Waals surface area contributed by atoms with Crippen LogP contribution in [0, 0.1) is 6.92 Å². The number of hydrogen-bond donors (Lipinski definition) is 0. The lowest BCUT2D eigenvalue weighted by Gasteiger charge is -2.34. The Kier molecular flexibility index (Phi) is 5.99. The van der Waals surface area contributed by atoms with Gasteiger partial charge in [0.2, 0.25) is 0 Å². The molecule has 5 heterocycles. The molecule has 0 radical (unpaired) electrons. The van der Waals surface area contributed by atoms with Gasteiger partial charge < -0.3 is 19.1 Å². The molecule has 5 rings (SSSR count). The van der Waals surface area contributed by atoms with E-state index in [2.05, 4.69) is 16.9 Å². The first-order chi connectivity index (χ1) is 16.1. The van der Waals surface area contributed by atoms with Crippen LogP contribution in [0.5, 0.6) is 0 Å². The van der Waals surface area contributed by atoms with Gasteiger partial charge >= 0.3 is 5.97 Å². The van der Waals surface area contributed by atoms with Crippen molar-refractivity contribution in [3.63, 3.8) is 0 Å². The number of ether oxygens (including phenoxy) is 3. The van der Waals surface area contributed by atoms with E-state index in [1.807, 2.05) is 23.7 Å². The second-order valence-electron chi connectivity index (χ2n) is 8.63. The molecule has 0 aromatic carbocycles. The molecule has 0 aliphatic carbocycles. The van der Waals surface area contributed by atoms with E-state index in [-0.39, 0.29) is 12.3 Å². The maximum absolute atomic E-state index is 12.9. The van der Waals surface area contributed by atoms with Crippen molar-refractivity contribution >= 4 is 22.7 Å². The monoisotopic (exact) mass is 451 g/mol. The highest BCUT2D eigenvalue weighted by atomic mass is 16.5. The number of rotatable bonds is 4. The smallest absolute Gasteiger partial charge is 0.338 e. The Morgan fingerprint density at radius 1 is 1.27 bits per heavy atom. The van der Waals surface area contributed by atoms with Crippen LogP contribution in [0.3, 0.4) is 0 Å². The summed E-state index contributed by atoms with van der Waals surface area (Å²) in [6.45, 7) is 6.67. The SMILES string of the molecule is COC(=O)c1cc(N2CCOCC2C)nc2c(-c3ccnn3C3CCCCO3)ncc(C)c12. The lowest BCUT2D eigenvalue weighted by Crippen LogP contribution is -2.44. The number of carbonyl (C=O) groups is 1. The zero-order valence-corrected chi connectivity index (χ0v) is 19.3. The molecule has 2 aliphatic heterocycles. The number of hydrogen-bond acceptors (Lipinski definition) is 8. The van der Waals surface area contributed by atoms with E-state index in [0.29, 0.717) is 42.4 Å². The lowest BCUT2D eigenvalue weighted by atomic mass is 10.0. The number of aromatic nitrogens is 4. The van der Waals surface area contributed by atoms with E-state index in [0.717, 1.165) is 42.5 Å². The molecule has 174 valence electrons.